The molecule has 0 unspecified atom stereocenters. The van der Waals surface area contributed by atoms with Crippen LogP contribution in [0.5, 0.6) is 0 Å². The smallest absolute Gasteiger partial charge is 0.245 e. The lowest BCUT2D eigenvalue weighted by Gasteiger charge is -2.31. The number of amides is 9. The van der Waals surface area contributed by atoms with Crippen LogP contribution in [0, 0.1) is 5.92 Å². The largest absolute Gasteiger partial charge is 0.370 e. The molecule has 0 saturated carbocycles. The highest BCUT2D eigenvalue weighted by Crippen LogP contribution is 2.21. The summed E-state index contributed by atoms with van der Waals surface area (Å²) in [4.78, 5) is 132. The van der Waals surface area contributed by atoms with Crippen molar-refractivity contribution in [2.75, 3.05) is 26.2 Å². The molecule has 19 N–H and O–H groups in total. The molecule has 2 aromatic rings. The predicted octanol–water partition coefficient (Wildman–Crippen LogP) is -3.36. The van der Waals surface area contributed by atoms with Gasteiger partial charge in [-0.15, -0.1) is 0 Å². The molecule has 0 spiro atoms. The molecule has 0 aliphatic carbocycles. The molecule has 0 aromatic heterocycles. The molecule has 410 valence electrons. The Balaban J connectivity index is 1.60. The molecular formula is C50H76N16O9. The van der Waals surface area contributed by atoms with E-state index in [4.69, 9.17) is 34.4 Å². The van der Waals surface area contributed by atoms with Gasteiger partial charge in [0.2, 0.25) is 53.2 Å². The van der Waals surface area contributed by atoms with Crippen molar-refractivity contribution < 1.29 is 43.2 Å². The third kappa shape index (κ3) is 20.5. The molecule has 9 amide bonds. The predicted molar refractivity (Wildman–Crippen MR) is 280 cm³/mol. The van der Waals surface area contributed by atoms with Gasteiger partial charge in [-0.3, -0.25) is 53.1 Å². The van der Waals surface area contributed by atoms with E-state index >= 15 is 0 Å². The van der Waals surface area contributed by atoms with Gasteiger partial charge in [-0.2, -0.15) is 0 Å². The summed E-state index contributed by atoms with van der Waals surface area (Å²) in [5, 5.41) is 19.6. The van der Waals surface area contributed by atoms with Crippen LogP contribution < -0.4 is 71.6 Å². The van der Waals surface area contributed by atoms with Gasteiger partial charge in [-0.05, 0) is 81.4 Å². The molecule has 2 aliphatic rings. The molecule has 0 radical (unpaired) electrons. The van der Waals surface area contributed by atoms with Gasteiger partial charge < -0.3 is 76.5 Å². The van der Waals surface area contributed by atoms with Crippen molar-refractivity contribution in [3.8, 4) is 0 Å². The summed E-state index contributed by atoms with van der Waals surface area (Å²) >= 11 is 0. The van der Waals surface area contributed by atoms with Crippen LogP contribution in [0.1, 0.15) is 89.2 Å². The van der Waals surface area contributed by atoms with Gasteiger partial charge in [-0.1, -0.05) is 74.5 Å². The Labute approximate surface area is 436 Å². The minimum absolute atomic E-state index is 0.0146. The minimum Gasteiger partial charge on any atom is -0.370 e. The van der Waals surface area contributed by atoms with E-state index in [0.29, 0.717) is 24.9 Å². The maximum absolute atomic E-state index is 14.7. The van der Waals surface area contributed by atoms with Crippen molar-refractivity contribution in [1.29, 1.82) is 0 Å². The van der Waals surface area contributed by atoms with Crippen molar-refractivity contribution in [2.45, 2.75) is 139 Å². The zero-order chi connectivity index (χ0) is 55.0. The van der Waals surface area contributed by atoms with Crippen molar-refractivity contribution in [3.05, 3.63) is 71.8 Å². The summed E-state index contributed by atoms with van der Waals surface area (Å²) in [6, 6.07) is 8.79. The fourth-order valence-corrected chi connectivity index (χ4v) is 8.82. The van der Waals surface area contributed by atoms with Gasteiger partial charge in [0.15, 0.2) is 11.9 Å². The molecule has 25 heteroatoms. The number of likely N-dealkylation sites (tertiary alicyclic amines) is 1. The fraction of sp³-hybridized carbons (Fsp3) is 0.540. The number of hydrogen-bond acceptors (Lipinski definition) is 12. The van der Waals surface area contributed by atoms with Gasteiger partial charge in [0.1, 0.15) is 42.3 Å². The van der Waals surface area contributed by atoms with E-state index in [0.717, 1.165) is 12.0 Å². The summed E-state index contributed by atoms with van der Waals surface area (Å²) in [5.41, 5.74) is 34.2. The van der Waals surface area contributed by atoms with Gasteiger partial charge in [0.05, 0.1) is 12.5 Å². The standard InChI is InChI=1S/C50H76N16O9/c1-29(2)25-36(63-46(73)38(27-31-15-7-4-8-16-31)64-42(69)32-17-9-21-57-32)44(71)65-37(26-30-13-5-3-6-14-30)45(72)61-34(19-11-23-59-50(55)56)48(75)66-24-12-20-39(66)47(74)60-33(18-10-22-58-49(53)54)43(70)62-35(41(52)68)28-40(51)67/h3-8,13-16,29,32-39,57H,9-12,17-28H2,1-2H3,(H2,51,67)(H2,52,68)(H,60,74)(H,61,72)(H,62,70)(H,63,73)(H,64,69)(H,65,71)(H4,53,54,58)(H4,55,56,59)/t32-,33-,34-,35-,36-,37-,38-,39-/m0/s1. The first kappa shape index (κ1) is 59.7. The average molecular weight is 1050 g/mol. The maximum Gasteiger partial charge on any atom is 0.245 e. The van der Waals surface area contributed by atoms with Gasteiger partial charge in [-0.25, -0.2) is 0 Å². The molecule has 2 fully saturated rings. The van der Waals surface area contributed by atoms with Crippen molar-refractivity contribution in [1.82, 2.24) is 42.1 Å². The fourth-order valence-electron chi connectivity index (χ4n) is 8.82. The first-order valence-corrected chi connectivity index (χ1v) is 25.3. The van der Waals surface area contributed by atoms with E-state index in [1.54, 1.807) is 30.3 Å². The Morgan fingerprint density at radius 1 is 0.587 bits per heavy atom. The van der Waals surface area contributed by atoms with Crippen LogP contribution in [-0.2, 0) is 56.0 Å². The zero-order valence-corrected chi connectivity index (χ0v) is 42.8. The first-order chi connectivity index (χ1) is 35.7. The maximum atomic E-state index is 14.7. The molecule has 75 heavy (non-hydrogen) atoms. The number of nitrogens with zero attached hydrogens (tertiary/aromatic N) is 3. The highest BCUT2D eigenvalue weighted by Gasteiger charge is 2.40. The number of rotatable bonds is 30. The van der Waals surface area contributed by atoms with Crippen LogP contribution in [0.4, 0.5) is 0 Å². The third-order valence-electron chi connectivity index (χ3n) is 12.6. The van der Waals surface area contributed by atoms with E-state index in [1.165, 1.54) is 4.90 Å². The molecule has 0 bridgehead atoms. The molecule has 2 saturated heterocycles. The van der Waals surface area contributed by atoms with Crippen LogP contribution in [-0.4, -0.2) is 144 Å². The second kappa shape index (κ2) is 30.4. The number of carbonyl (C=O) groups is 9. The highest BCUT2D eigenvalue weighted by molar-refractivity contribution is 5.98. The summed E-state index contributed by atoms with van der Waals surface area (Å²) in [7, 11) is 0. The average Bonchev–Trinajstić information content (AvgIpc) is 4.09. The number of nitrogens with one attached hydrogen (secondary N) is 7. The van der Waals surface area contributed by atoms with Crippen molar-refractivity contribution in [2.24, 2.45) is 50.3 Å². The van der Waals surface area contributed by atoms with Crippen LogP contribution in [0.2, 0.25) is 0 Å². The molecule has 2 heterocycles. The molecule has 8 atom stereocenters. The lowest BCUT2D eigenvalue weighted by atomic mass is 9.99. The molecule has 25 nitrogen and oxygen atoms in total. The quantitative estimate of drug-likeness (QED) is 0.0207. The number of hydrogen-bond donors (Lipinski definition) is 13. The summed E-state index contributed by atoms with van der Waals surface area (Å²) < 4.78 is 0. The Morgan fingerprint density at radius 3 is 1.57 bits per heavy atom. The van der Waals surface area contributed by atoms with E-state index in [1.807, 2.05) is 44.2 Å². The SMILES string of the molecule is CC(C)C[C@H](NC(=O)[C@H](Cc1ccccc1)NC(=O)[C@@H]1CCCN1)C(=O)N[C@@H](Cc1ccccc1)C(=O)N[C@@H](CCCN=C(N)N)C(=O)N1CCC[C@H]1C(=O)N[C@@H](CCCN=C(N)N)C(=O)N[C@@H](CC(N)=O)C(N)=O. The van der Waals surface area contributed by atoms with Crippen LogP contribution in [0.15, 0.2) is 70.6 Å². The van der Waals surface area contributed by atoms with Gasteiger partial charge in [0.25, 0.3) is 0 Å². The highest BCUT2D eigenvalue weighted by atomic mass is 16.2. The Morgan fingerprint density at radius 2 is 1.07 bits per heavy atom. The first-order valence-electron chi connectivity index (χ1n) is 25.3. The number of nitrogens with two attached hydrogens (primary N) is 6. The number of carbonyl (C=O) groups excluding carboxylic acids is 9. The van der Waals surface area contributed by atoms with E-state index in [-0.39, 0.29) is 94.7 Å². The van der Waals surface area contributed by atoms with Crippen molar-refractivity contribution >= 4 is 65.1 Å². The van der Waals surface area contributed by atoms with Crippen LogP contribution >= 0.6 is 0 Å². The van der Waals surface area contributed by atoms with E-state index in [9.17, 15) is 43.2 Å². The van der Waals surface area contributed by atoms with E-state index < -0.39 is 102 Å². The van der Waals surface area contributed by atoms with Crippen LogP contribution in [0.3, 0.4) is 0 Å². The van der Waals surface area contributed by atoms with Crippen molar-refractivity contribution in [3.63, 3.8) is 0 Å². The molecule has 2 aromatic carbocycles. The van der Waals surface area contributed by atoms with Crippen LogP contribution in [0.25, 0.3) is 0 Å². The zero-order valence-electron chi connectivity index (χ0n) is 42.8. The Kier molecular flexibility index (Phi) is 24.2. The van der Waals surface area contributed by atoms with Gasteiger partial charge >= 0.3 is 0 Å². The second-order valence-electron chi connectivity index (χ2n) is 19.2. The monoisotopic (exact) mass is 1040 g/mol. The van der Waals surface area contributed by atoms with Gasteiger partial charge in [0, 0.05) is 32.5 Å². The summed E-state index contributed by atoms with van der Waals surface area (Å²) in [6.07, 6.45) is 1.94. The number of primary amides is 2. The Bertz CT molecular complexity index is 2320. The number of guanidine groups is 2. The molecule has 4 rings (SSSR count). The topological polar surface area (TPSA) is 422 Å². The number of aliphatic imine (C=N–C) groups is 2. The summed E-state index contributed by atoms with van der Waals surface area (Å²) in [6.45, 7) is 4.65. The normalized spacial score (nSPS) is 17.4. The summed E-state index contributed by atoms with van der Waals surface area (Å²) in [5.74, 6) is -7.08. The number of benzene rings is 2. The lowest BCUT2D eigenvalue weighted by Crippen LogP contribution is -2.60. The van der Waals surface area contributed by atoms with E-state index in [2.05, 4.69) is 47.2 Å². The molecular weight excluding hydrogens is 969 g/mol. The molecule has 2 aliphatic heterocycles. The second-order valence-corrected chi connectivity index (χ2v) is 19.2. The Hall–Kier alpha value is -7.83. The minimum atomic E-state index is -1.48. The lowest BCUT2D eigenvalue weighted by molar-refractivity contribution is -0.142. The third-order valence-corrected chi connectivity index (χ3v) is 12.6.